The predicted octanol–water partition coefficient (Wildman–Crippen LogP) is 3.22. The minimum absolute atomic E-state index is 0.0244. The van der Waals surface area contributed by atoms with E-state index >= 15 is 0 Å². The number of hydrogen-bond donors (Lipinski definition) is 0. The largest absolute Gasteiger partial charge is 0.497 e. The van der Waals surface area contributed by atoms with Gasteiger partial charge in [0.2, 0.25) is 0 Å². The van der Waals surface area contributed by atoms with Crippen LogP contribution in [-0.4, -0.2) is 29.2 Å². The van der Waals surface area contributed by atoms with Gasteiger partial charge in [-0.3, -0.25) is 4.31 Å². The molecule has 2 rings (SSSR count). The summed E-state index contributed by atoms with van der Waals surface area (Å²) in [7, 11) is -0.966. The van der Waals surface area contributed by atoms with E-state index in [4.69, 9.17) is 9.47 Å². The second-order valence-corrected chi connectivity index (χ2v) is 6.68. The SMILES string of the molecule is C=CCN(c1ccc(OC)cc1OC)S(=O)(=O)c1ccc(F)cc1. The number of ether oxygens (including phenoxy) is 2. The quantitative estimate of drug-likeness (QED) is 0.719. The zero-order chi connectivity index (χ0) is 17.7. The summed E-state index contributed by atoms with van der Waals surface area (Å²) in [5, 5.41) is 0. The van der Waals surface area contributed by atoms with Gasteiger partial charge in [0.25, 0.3) is 10.0 Å². The average Bonchev–Trinajstić information content (AvgIpc) is 2.59. The molecular weight excluding hydrogens is 333 g/mol. The van der Waals surface area contributed by atoms with E-state index in [-0.39, 0.29) is 11.4 Å². The van der Waals surface area contributed by atoms with Crippen molar-refractivity contribution in [3.63, 3.8) is 0 Å². The van der Waals surface area contributed by atoms with Crippen molar-refractivity contribution in [2.24, 2.45) is 0 Å². The number of rotatable bonds is 7. The number of nitrogens with zero attached hydrogens (tertiary/aromatic N) is 1. The molecule has 0 unspecified atom stereocenters. The highest BCUT2D eigenvalue weighted by Gasteiger charge is 2.26. The van der Waals surface area contributed by atoms with Crippen LogP contribution in [0.4, 0.5) is 10.1 Å². The first-order chi connectivity index (χ1) is 11.4. The van der Waals surface area contributed by atoms with Crippen molar-refractivity contribution < 1.29 is 22.3 Å². The van der Waals surface area contributed by atoms with E-state index < -0.39 is 15.8 Å². The van der Waals surface area contributed by atoms with Gasteiger partial charge in [0, 0.05) is 6.07 Å². The maximum atomic E-state index is 13.1. The van der Waals surface area contributed by atoms with Gasteiger partial charge in [-0.05, 0) is 36.4 Å². The van der Waals surface area contributed by atoms with Crippen LogP contribution in [0.2, 0.25) is 0 Å². The molecule has 0 aliphatic heterocycles. The molecule has 0 saturated carbocycles. The molecular formula is C17H18FNO4S. The van der Waals surface area contributed by atoms with Crippen molar-refractivity contribution in [2.45, 2.75) is 4.90 Å². The van der Waals surface area contributed by atoms with Crippen LogP contribution in [-0.2, 0) is 10.0 Å². The lowest BCUT2D eigenvalue weighted by Gasteiger charge is -2.25. The predicted molar refractivity (Wildman–Crippen MR) is 90.7 cm³/mol. The first-order valence-electron chi connectivity index (χ1n) is 7.05. The third-order valence-corrected chi connectivity index (χ3v) is 5.15. The Morgan fingerprint density at radius 2 is 1.79 bits per heavy atom. The average molecular weight is 351 g/mol. The van der Waals surface area contributed by atoms with Crippen LogP contribution in [0.5, 0.6) is 11.5 Å². The zero-order valence-corrected chi connectivity index (χ0v) is 14.2. The van der Waals surface area contributed by atoms with Crippen LogP contribution in [0.25, 0.3) is 0 Å². The van der Waals surface area contributed by atoms with E-state index in [1.807, 2.05) is 0 Å². The summed E-state index contributed by atoms with van der Waals surface area (Å²) >= 11 is 0. The maximum Gasteiger partial charge on any atom is 0.264 e. The van der Waals surface area contributed by atoms with E-state index in [2.05, 4.69) is 6.58 Å². The summed E-state index contributed by atoms with van der Waals surface area (Å²) in [4.78, 5) is -0.0244. The molecule has 2 aromatic carbocycles. The van der Waals surface area contributed by atoms with Gasteiger partial charge in [-0.25, -0.2) is 12.8 Å². The van der Waals surface area contributed by atoms with E-state index in [1.165, 1.54) is 32.4 Å². The van der Waals surface area contributed by atoms with Gasteiger partial charge in [0.05, 0.1) is 31.3 Å². The van der Waals surface area contributed by atoms with E-state index in [9.17, 15) is 12.8 Å². The Bertz CT molecular complexity index is 819. The standard InChI is InChI=1S/C17H18FNO4S/c1-4-11-19(16-10-7-14(22-2)12-17(16)23-3)24(20,21)15-8-5-13(18)6-9-15/h4-10,12H,1,11H2,2-3H3. The Morgan fingerprint density at radius 1 is 1.12 bits per heavy atom. The number of anilines is 1. The van der Waals surface area contributed by atoms with Crippen LogP contribution in [0, 0.1) is 5.82 Å². The molecule has 0 spiro atoms. The molecule has 0 aliphatic carbocycles. The normalized spacial score (nSPS) is 11.0. The summed E-state index contributed by atoms with van der Waals surface area (Å²) in [5.41, 5.74) is 0.336. The Kier molecular flexibility index (Phi) is 5.46. The summed E-state index contributed by atoms with van der Waals surface area (Å²) in [5.74, 6) is 0.362. The molecule has 24 heavy (non-hydrogen) atoms. The summed E-state index contributed by atoms with van der Waals surface area (Å²) in [6.45, 7) is 3.64. The highest BCUT2D eigenvalue weighted by atomic mass is 32.2. The Labute approximate surface area is 141 Å². The molecule has 5 nitrogen and oxygen atoms in total. The third-order valence-electron chi connectivity index (χ3n) is 3.35. The summed E-state index contributed by atoms with van der Waals surface area (Å²) < 4.78 is 50.5. The lowest BCUT2D eigenvalue weighted by atomic mass is 10.2. The molecule has 0 atom stereocenters. The van der Waals surface area contributed by atoms with E-state index in [0.29, 0.717) is 17.2 Å². The van der Waals surface area contributed by atoms with Crippen LogP contribution < -0.4 is 13.8 Å². The van der Waals surface area contributed by atoms with Gasteiger partial charge in [-0.15, -0.1) is 6.58 Å². The molecule has 0 fully saturated rings. The summed E-state index contributed by atoms with van der Waals surface area (Å²) in [6, 6.07) is 9.45. The summed E-state index contributed by atoms with van der Waals surface area (Å²) in [6.07, 6.45) is 1.46. The van der Waals surface area contributed by atoms with Gasteiger partial charge in [0.1, 0.15) is 17.3 Å². The minimum atomic E-state index is -3.91. The van der Waals surface area contributed by atoms with Gasteiger partial charge >= 0.3 is 0 Å². The molecule has 0 bridgehead atoms. The number of methoxy groups -OCH3 is 2. The molecule has 7 heteroatoms. The second kappa shape index (κ2) is 7.35. The van der Waals surface area contributed by atoms with Crippen LogP contribution in [0.15, 0.2) is 60.0 Å². The highest BCUT2D eigenvalue weighted by Crippen LogP contribution is 2.35. The number of halogens is 1. The lowest BCUT2D eigenvalue weighted by Crippen LogP contribution is -2.31. The molecule has 2 aromatic rings. The van der Waals surface area contributed by atoms with Gasteiger partial charge < -0.3 is 9.47 Å². The van der Waals surface area contributed by atoms with Crippen molar-refractivity contribution in [1.29, 1.82) is 0 Å². The monoisotopic (exact) mass is 351 g/mol. The van der Waals surface area contributed by atoms with Crippen molar-refractivity contribution in [3.8, 4) is 11.5 Å². The van der Waals surface area contributed by atoms with E-state index in [1.54, 1.807) is 18.2 Å². The topological polar surface area (TPSA) is 55.8 Å². The van der Waals surface area contributed by atoms with Crippen LogP contribution in [0.1, 0.15) is 0 Å². The zero-order valence-electron chi connectivity index (χ0n) is 13.4. The Morgan fingerprint density at radius 3 is 2.33 bits per heavy atom. The fourth-order valence-corrected chi connectivity index (χ4v) is 3.61. The molecule has 0 saturated heterocycles. The third kappa shape index (κ3) is 3.51. The molecule has 0 amide bonds. The van der Waals surface area contributed by atoms with Crippen molar-refractivity contribution in [1.82, 2.24) is 0 Å². The van der Waals surface area contributed by atoms with Crippen molar-refractivity contribution in [3.05, 3.63) is 60.9 Å². The molecule has 128 valence electrons. The fraction of sp³-hybridized carbons (Fsp3) is 0.176. The number of benzene rings is 2. The van der Waals surface area contributed by atoms with Gasteiger partial charge in [-0.1, -0.05) is 6.08 Å². The number of hydrogen-bond acceptors (Lipinski definition) is 4. The van der Waals surface area contributed by atoms with Crippen molar-refractivity contribution in [2.75, 3.05) is 25.1 Å². The minimum Gasteiger partial charge on any atom is -0.497 e. The molecule has 0 heterocycles. The van der Waals surface area contributed by atoms with Crippen LogP contribution in [0.3, 0.4) is 0 Å². The Hall–Kier alpha value is -2.54. The van der Waals surface area contributed by atoms with Crippen LogP contribution >= 0.6 is 0 Å². The molecule has 0 aromatic heterocycles. The molecule has 0 radical (unpaired) electrons. The van der Waals surface area contributed by atoms with E-state index in [0.717, 1.165) is 16.4 Å². The van der Waals surface area contributed by atoms with Gasteiger partial charge in [-0.2, -0.15) is 0 Å². The molecule has 0 N–H and O–H groups in total. The number of sulfonamides is 1. The Balaban J connectivity index is 2.57. The first kappa shape index (κ1) is 17.8. The highest BCUT2D eigenvalue weighted by molar-refractivity contribution is 7.92. The smallest absolute Gasteiger partial charge is 0.264 e. The maximum absolute atomic E-state index is 13.1. The first-order valence-corrected chi connectivity index (χ1v) is 8.49. The van der Waals surface area contributed by atoms with Gasteiger partial charge in [0.15, 0.2) is 0 Å². The molecule has 0 aliphatic rings. The van der Waals surface area contributed by atoms with Crippen molar-refractivity contribution >= 4 is 15.7 Å². The lowest BCUT2D eigenvalue weighted by molar-refractivity contribution is 0.395. The fourth-order valence-electron chi connectivity index (χ4n) is 2.17. The second-order valence-electron chi connectivity index (χ2n) is 4.82.